The van der Waals surface area contributed by atoms with Crippen molar-refractivity contribution in [3.05, 3.63) is 77.6 Å². The number of phenols is 1. The van der Waals surface area contributed by atoms with Crippen molar-refractivity contribution < 1.29 is 9.90 Å². The van der Waals surface area contributed by atoms with Crippen LogP contribution in [0.2, 0.25) is 0 Å². The molecule has 0 aliphatic carbocycles. The van der Waals surface area contributed by atoms with Crippen molar-refractivity contribution in [1.29, 1.82) is 0 Å². The van der Waals surface area contributed by atoms with Crippen molar-refractivity contribution in [2.24, 2.45) is 0 Å². The van der Waals surface area contributed by atoms with E-state index in [-0.39, 0.29) is 11.7 Å². The van der Waals surface area contributed by atoms with Crippen molar-refractivity contribution in [1.82, 2.24) is 15.1 Å². The third-order valence-electron chi connectivity index (χ3n) is 3.64. The molecule has 3 aromatic rings. The molecule has 1 heterocycles. The molecule has 0 spiro atoms. The van der Waals surface area contributed by atoms with Crippen LogP contribution in [-0.2, 0) is 6.54 Å². The first-order valence-electron chi connectivity index (χ1n) is 7.31. The topological polar surface area (TPSA) is 67.2 Å². The number of rotatable bonds is 4. The van der Waals surface area contributed by atoms with Crippen LogP contribution >= 0.6 is 0 Å². The minimum atomic E-state index is -0.169. The average Bonchev–Trinajstić information content (AvgIpc) is 2.96. The van der Waals surface area contributed by atoms with Crippen LogP contribution in [0.5, 0.6) is 5.75 Å². The lowest BCUT2D eigenvalue weighted by Gasteiger charge is -2.07. The van der Waals surface area contributed by atoms with E-state index in [9.17, 15) is 9.90 Å². The summed E-state index contributed by atoms with van der Waals surface area (Å²) in [7, 11) is 0. The SMILES string of the molecule is Cc1c(C(=O)NCc2ccc(O)cc2)cnn1-c1ccccc1. The quantitative estimate of drug-likeness (QED) is 0.779. The molecule has 3 rings (SSSR count). The molecule has 0 bridgehead atoms. The summed E-state index contributed by atoms with van der Waals surface area (Å²) in [6.45, 7) is 2.27. The first-order chi connectivity index (χ1) is 11.1. The number of aromatic nitrogens is 2. The van der Waals surface area contributed by atoms with Crippen LogP contribution in [0.15, 0.2) is 60.8 Å². The van der Waals surface area contributed by atoms with E-state index in [0.29, 0.717) is 12.1 Å². The summed E-state index contributed by atoms with van der Waals surface area (Å²) in [5, 5.41) is 16.4. The number of nitrogens with zero attached hydrogens (tertiary/aromatic N) is 2. The van der Waals surface area contributed by atoms with Crippen LogP contribution in [0.3, 0.4) is 0 Å². The van der Waals surface area contributed by atoms with Crippen LogP contribution in [0, 0.1) is 6.92 Å². The molecule has 5 heteroatoms. The van der Waals surface area contributed by atoms with Crippen molar-refractivity contribution >= 4 is 5.91 Å². The fourth-order valence-corrected chi connectivity index (χ4v) is 2.35. The molecule has 1 amide bonds. The van der Waals surface area contributed by atoms with Gasteiger partial charge in [0.15, 0.2) is 0 Å². The molecule has 0 atom stereocenters. The number of carbonyl (C=O) groups is 1. The molecule has 0 saturated carbocycles. The number of phenolic OH excluding ortho intramolecular Hbond substituents is 1. The van der Waals surface area contributed by atoms with Crippen LogP contribution in [0.1, 0.15) is 21.6 Å². The Balaban J connectivity index is 1.73. The largest absolute Gasteiger partial charge is 0.508 e. The minimum Gasteiger partial charge on any atom is -0.508 e. The van der Waals surface area contributed by atoms with Gasteiger partial charge >= 0.3 is 0 Å². The predicted molar refractivity (Wildman–Crippen MR) is 87.6 cm³/mol. The van der Waals surface area contributed by atoms with Crippen molar-refractivity contribution in [3.63, 3.8) is 0 Å². The fourth-order valence-electron chi connectivity index (χ4n) is 2.35. The minimum absolute atomic E-state index is 0.169. The van der Waals surface area contributed by atoms with Gasteiger partial charge in [0.1, 0.15) is 5.75 Å². The number of hydrogen-bond donors (Lipinski definition) is 2. The Hall–Kier alpha value is -3.08. The van der Waals surface area contributed by atoms with Gasteiger partial charge in [-0.15, -0.1) is 0 Å². The summed E-state index contributed by atoms with van der Waals surface area (Å²) < 4.78 is 1.75. The van der Waals surface area contributed by atoms with Gasteiger partial charge in [0.05, 0.1) is 23.1 Å². The number of nitrogens with one attached hydrogen (secondary N) is 1. The molecule has 0 aliphatic rings. The summed E-state index contributed by atoms with van der Waals surface area (Å²) in [5.41, 5.74) is 3.18. The van der Waals surface area contributed by atoms with Gasteiger partial charge in [0.25, 0.3) is 5.91 Å². The zero-order valence-corrected chi connectivity index (χ0v) is 12.7. The van der Waals surface area contributed by atoms with Gasteiger partial charge in [-0.1, -0.05) is 30.3 Å². The summed E-state index contributed by atoms with van der Waals surface area (Å²) in [6.07, 6.45) is 1.58. The third-order valence-corrected chi connectivity index (χ3v) is 3.64. The highest BCUT2D eigenvalue weighted by molar-refractivity contribution is 5.95. The number of aromatic hydroxyl groups is 1. The average molecular weight is 307 g/mol. The molecule has 0 saturated heterocycles. The predicted octanol–water partition coefficient (Wildman–Crippen LogP) is 2.82. The van der Waals surface area contributed by atoms with Crippen LogP contribution in [0.4, 0.5) is 0 Å². The first kappa shape index (κ1) is 14.8. The van der Waals surface area contributed by atoms with E-state index < -0.39 is 0 Å². The summed E-state index contributed by atoms with van der Waals surface area (Å²) in [4.78, 5) is 12.3. The fraction of sp³-hybridized carbons (Fsp3) is 0.111. The molecule has 23 heavy (non-hydrogen) atoms. The standard InChI is InChI=1S/C18H17N3O2/c1-13-17(12-20-21(13)15-5-3-2-4-6-15)18(23)19-11-14-7-9-16(22)10-8-14/h2-10,12,22H,11H2,1H3,(H,19,23). The van der Waals surface area contributed by atoms with E-state index in [0.717, 1.165) is 16.9 Å². The van der Waals surface area contributed by atoms with Gasteiger partial charge in [-0.3, -0.25) is 4.79 Å². The zero-order chi connectivity index (χ0) is 16.2. The molecule has 2 N–H and O–H groups in total. The van der Waals surface area contributed by atoms with E-state index in [1.807, 2.05) is 37.3 Å². The van der Waals surface area contributed by atoms with Crippen molar-refractivity contribution in [2.75, 3.05) is 0 Å². The van der Waals surface area contributed by atoms with E-state index >= 15 is 0 Å². The molecule has 0 aliphatic heterocycles. The Bertz CT molecular complexity index is 808. The molecule has 0 radical (unpaired) electrons. The molecule has 2 aromatic carbocycles. The number of benzene rings is 2. The molecule has 0 unspecified atom stereocenters. The molecular formula is C18H17N3O2. The summed E-state index contributed by atoms with van der Waals surface area (Å²) >= 11 is 0. The van der Waals surface area contributed by atoms with E-state index in [4.69, 9.17) is 0 Å². The van der Waals surface area contributed by atoms with Gasteiger partial charge in [0.2, 0.25) is 0 Å². The van der Waals surface area contributed by atoms with Crippen molar-refractivity contribution in [3.8, 4) is 11.4 Å². The highest BCUT2D eigenvalue weighted by atomic mass is 16.3. The summed E-state index contributed by atoms with van der Waals surface area (Å²) in [6, 6.07) is 16.4. The Labute approximate surface area is 134 Å². The third kappa shape index (κ3) is 3.23. The van der Waals surface area contributed by atoms with Gasteiger partial charge in [-0.05, 0) is 36.8 Å². The molecule has 1 aromatic heterocycles. The lowest BCUT2D eigenvalue weighted by Crippen LogP contribution is -2.23. The number of carbonyl (C=O) groups excluding carboxylic acids is 1. The maximum atomic E-state index is 12.3. The second-order valence-electron chi connectivity index (χ2n) is 5.24. The van der Waals surface area contributed by atoms with E-state index in [1.165, 1.54) is 0 Å². The lowest BCUT2D eigenvalue weighted by molar-refractivity contribution is 0.0950. The van der Waals surface area contributed by atoms with Crippen LogP contribution in [0.25, 0.3) is 5.69 Å². The van der Waals surface area contributed by atoms with Gasteiger partial charge < -0.3 is 10.4 Å². The van der Waals surface area contributed by atoms with Gasteiger partial charge in [-0.25, -0.2) is 4.68 Å². The van der Waals surface area contributed by atoms with Crippen LogP contribution < -0.4 is 5.32 Å². The Kier molecular flexibility index (Phi) is 4.10. The second kappa shape index (κ2) is 6.36. The maximum Gasteiger partial charge on any atom is 0.255 e. The second-order valence-corrected chi connectivity index (χ2v) is 5.24. The smallest absolute Gasteiger partial charge is 0.255 e. The van der Waals surface area contributed by atoms with Crippen molar-refractivity contribution in [2.45, 2.75) is 13.5 Å². The number of para-hydroxylation sites is 1. The van der Waals surface area contributed by atoms with Gasteiger partial charge in [-0.2, -0.15) is 5.10 Å². The van der Waals surface area contributed by atoms with Crippen LogP contribution in [-0.4, -0.2) is 20.8 Å². The molecule has 0 fully saturated rings. The van der Waals surface area contributed by atoms with E-state index in [1.54, 1.807) is 35.1 Å². The molecule has 5 nitrogen and oxygen atoms in total. The molecular weight excluding hydrogens is 290 g/mol. The Morgan fingerprint density at radius 2 is 1.83 bits per heavy atom. The van der Waals surface area contributed by atoms with Gasteiger partial charge in [0, 0.05) is 6.54 Å². The highest BCUT2D eigenvalue weighted by Gasteiger charge is 2.14. The monoisotopic (exact) mass is 307 g/mol. The first-order valence-corrected chi connectivity index (χ1v) is 7.31. The highest BCUT2D eigenvalue weighted by Crippen LogP contribution is 2.14. The number of amides is 1. The Morgan fingerprint density at radius 3 is 2.52 bits per heavy atom. The zero-order valence-electron chi connectivity index (χ0n) is 12.7. The van der Waals surface area contributed by atoms with E-state index in [2.05, 4.69) is 10.4 Å². The molecule has 116 valence electrons. The normalized spacial score (nSPS) is 10.5. The maximum absolute atomic E-state index is 12.3. The lowest BCUT2D eigenvalue weighted by atomic mass is 10.2. The number of hydrogen-bond acceptors (Lipinski definition) is 3. The summed E-state index contributed by atoms with van der Waals surface area (Å²) in [5.74, 6) is 0.0396. The Morgan fingerprint density at radius 1 is 1.13 bits per heavy atom.